The van der Waals surface area contributed by atoms with Crippen LogP contribution in [0.4, 0.5) is 19.0 Å². The number of nitrogens with zero attached hydrogens (tertiary/aromatic N) is 3. The van der Waals surface area contributed by atoms with Crippen molar-refractivity contribution >= 4 is 15.8 Å². The van der Waals surface area contributed by atoms with Gasteiger partial charge >= 0.3 is 6.18 Å². The van der Waals surface area contributed by atoms with Gasteiger partial charge in [0.2, 0.25) is 10.0 Å². The summed E-state index contributed by atoms with van der Waals surface area (Å²) in [7, 11) is -3.23. The Bertz CT molecular complexity index is 724. The molecule has 1 aromatic heterocycles. The van der Waals surface area contributed by atoms with Crippen molar-refractivity contribution in [3.05, 3.63) is 11.8 Å². The maximum atomic E-state index is 13.4. The molecule has 0 bridgehead atoms. The molecule has 0 radical (unpaired) electrons. The van der Waals surface area contributed by atoms with Crippen molar-refractivity contribution in [1.82, 2.24) is 14.1 Å². The largest absolute Gasteiger partial charge is 0.410 e. The van der Waals surface area contributed by atoms with Crippen LogP contribution in [0.1, 0.15) is 50.3 Å². The molecule has 0 amide bonds. The summed E-state index contributed by atoms with van der Waals surface area (Å²) in [6, 6.07) is -0.143. The predicted molar refractivity (Wildman–Crippen MR) is 88.0 cm³/mol. The first-order valence-electron chi connectivity index (χ1n) is 8.47. The van der Waals surface area contributed by atoms with Crippen molar-refractivity contribution in [2.75, 3.05) is 24.7 Å². The monoisotopic (exact) mass is 380 g/mol. The molecule has 1 saturated heterocycles. The molecular weight excluding hydrogens is 357 g/mol. The summed E-state index contributed by atoms with van der Waals surface area (Å²) in [6.07, 6.45) is -1.45. The van der Waals surface area contributed by atoms with E-state index in [0.29, 0.717) is 43.9 Å². The molecule has 1 fully saturated rings. The van der Waals surface area contributed by atoms with Crippen LogP contribution in [0.15, 0.2) is 6.07 Å². The molecule has 3 rings (SSSR count). The highest BCUT2D eigenvalue weighted by atomic mass is 32.2. The third kappa shape index (κ3) is 3.79. The molecule has 0 saturated carbocycles. The molecule has 6 nitrogen and oxygen atoms in total. The van der Waals surface area contributed by atoms with E-state index in [1.807, 2.05) is 6.92 Å². The third-order valence-corrected chi connectivity index (χ3v) is 6.42. The lowest BCUT2D eigenvalue weighted by atomic mass is 9.95. The second-order valence-electron chi connectivity index (χ2n) is 6.88. The Balaban J connectivity index is 1.81. The number of nitrogens with one attached hydrogen (secondary N) is 1. The first-order valence-corrected chi connectivity index (χ1v) is 10.3. The first-order chi connectivity index (χ1) is 11.6. The van der Waals surface area contributed by atoms with Gasteiger partial charge in [-0.2, -0.15) is 18.3 Å². The Kier molecular flexibility index (Phi) is 4.78. The van der Waals surface area contributed by atoms with Gasteiger partial charge in [-0.25, -0.2) is 17.4 Å². The van der Waals surface area contributed by atoms with E-state index in [-0.39, 0.29) is 18.4 Å². The highest BCUT2D eigenvalue weighted by Crippen LogP contribution is 2.41. The predicted octanol–water partition coefficient (Wildman–Crippen LogP) is 2.72. The van der Waals surface area contributed by atoms with Crippen molar-refractivity contribution in [3.8, 4) is 0 Å². The van der Waals surface area contributed by atoms with Gasteiger partial charge in [0, 0.05) is 31.1 Å². The van der Waals surface area contributed by atoms with E-state index in [0.717, 1.165) is 4.68 Å². The van der Waals surface area contributed by atoms with Crippen molar-refractivity contribution < 1.29 is 21.6 Å². The molecule has 3 heterocycles. The zero-order chi connectivity index (χ0) is 18.4. The van der Waals surface area contributed by atoms with E-state index in [1.165, 1.54) is 10.6 Å². The highest BCUT2D eigenvalue weighted by Gasteiger charge is 2.46. The molecule has 2 aliphatic rings. The molecule has 0 spiro atoms. The molecule has 2 atom stereocenters. The molecule has 0 unspecified atom stereocenters. The van der Waals surface area contributed by atoms with Gasteiger partial charge in [-0.05, 0) is 25.7 Å². The van der Waals surface area contributed by atoms with Gasteiger partial charge in [-0.1, -0.05) is 6.92 Å². The van der Waals surface area contributed by atoms with Crippen LogP contribution >= 0.6 is 0 Å². The molecular formula is C15H23F3N4O2S. The molecule has 142 valence electrons. The summed E-state index contributed by atoms with van der Waals surface area (Å²) in [6.45, 7) is 2.61. The number of fused-ring (bicyclic) bond motifs is 1. The lowest BCUT2D eigenvalue weighted by Crippen LogP contribution is -2.39. The van der Waals surface area contributed by atoms with Gasteiger partial charge in [0.15, 0.2) is 6.04 Å². The van der Waals surface area contributed by atoms with Crippen LogP contribution in [0.3, 0.4) is 0 Å². The first kappa shape index (κ1) is 18.5. The SMILES string of the molecule is CC[C@@H]1C[C@H](C(F)(F)F)n2nc(C3CCN(S(C)(=O)=O)CC3)cc2N1. The lowest BCUT2D eigenvalue weighted by molar-refractivity contribution is -0.173. The number of hydrogen-bond donors (Lipinski definition) is 1. The minimum atomic E-state index is -4.34. The van der Waals surface area contributed by atoms with Crippen LogP contribution in [0.25, 0.3) is 0 Å². The molecule has 1 aromatic rings. The normalized spacial score (nSPS) is 26.3. The second kappa shape index (κ2) is 6.46. The van der Waals surface area contributed by atoms with Crippen LogP contribution in [0.5, 0.6) is 0 Å². The van der Waals surface area contributed by atoms with Crippen LogP contribution < -0.4 is 5.32 Å². The number of alkyl halides is 3. The summed E-state index contributed by atoms with van der Waals surface area (Å²) in [5.74, 6) is 0.382. The number of sulfonamides is 1. The second-order valence-corrected chi connectivity index (χ2v) is 8.86. The van der Waals surface area contributed by atoms with Crippen LogP contribution in [-0.4, -0.2) is 54.1 Å². The topological polar surface area (TPSA) is 67.2 Å². The van der Waals surface area contributed by atoms with E-state index in [9.17, 15) is 21.6 Å². The number of aromatic nitrogens is 2. The highest BCUT2D eigenvalue weighted by molar-refractivity contribution is 7.88. The quantitative estimate of drug-likeness (QED) is 0.876. The van der Waals surface area contributed by atoms with E-state index < -0.39 is 22.2 Å². The maximum Gasteiger partial charge on any atom is 0.410 e. The lowest BCUT2D eigenvalue weighted by Gasteiger charge is -2.32. The molecule has 2 aliphatic heterocycles. The summed E-state index contributed by atoms with van der Waals surface area (Å²) in [4.78, 5) is 0. The molecule has 0 aromatic carbocycles. The van der Waals surface area contributed by atoms with Gasteiger partial charge in [0.25, 0.3) is 0 Å². The van der Waals surface area contributed by atoms with Crippen molar-refractivity contribution in [2.45, 2.75) is 56.8 Å². The zero-order valence-electron chi connectivity index (χ0n) is 14.3. The van der Waals surface area contributed by atoms with E-state index in [2.05, 4.69) is 10.4 Å². The Morgan fingerprint density at radius 2 is 1.96 bits per heavy atom. The van der Waals surface area contributed by atoms with Crippen molar-refractivity contribution in [3.63, 3.8) is 0 Å². The summed E-state index contributed by atoms with van der Waals surface area (Å²) < 4.78 is 65.8. The molecule has 1 N–H and O–H groups in total. The fraction of sp³-hybridized carbons (Fsp3) is 0.800. The molecule has 25 heavy (non-hydrogen) atoms. The van der Waals surface area contributed by atoms with E-state index in [1.54, 1.807) is 6.07 Å². The minimum Gasteiger partial charge on any atom is -0.367 e. The summed E-state index contributed by atoms with van der Waals surface area (Å²) in [5, 5.41) is 7.38. The number of hydrogen-bond acceptors (Lipinski definition) is 4. The van der Waals surface area contributed by atoms with E-state index >= 15 is 0 Å². The van der Waals surface area contributed by atoms with Crippen LogP contribution in [0, 0.1) is 0 Å². The standard InChI is InChI=1S/C15H23F3N4O2S/c1-3-11-8-13(15(16,17)18)22-14(19-11)9-12(20-22)10-4-6-21(7-5-10)25(2,23)24/h9-11,13,19H,3-8H2,1-2H3/t11-,13-/m1/s1. The summed E-state index contributed by atoms with van der Waals surface area (Å²) >= 11 is 0. The van der Waals surface area contributed by atoms with Crippen molar-refractivity contribution in [2.24, 2.45) is 0 Å². The number of rotatable bonds is 3. The zero-order valence-corrected chi connectivity index (χ0v) is 15.1. The van der Waals surface area contributed by atoms with Crippen molar-refractivity contribution in [1.29, 1.82) is 0 Å². The van der Waals surface area contributed by atoms with Gasteiger partial charge in [-0.15, -0.1) is 0 Å². The third-order valence-electron chi connectivity index (χ3n) is 5.12. The maximum absolute atomic E-state index is 13.4. The fourth-order valence-electron chi connectivity index (χ4n) is 3.62. The van der Waals surface area contributed by atoms with Gasteiger partial charge in [-0.3, -0.25) is 0 Å². The average molecular weight is 380 g/mol. The number of piperidine rings is 1. The number of anilines is 1. The Morgan fingerprint density at radius 3 is 2.48 bits per heavy atom. The Labute approximate surface area is 145 Å². The molecule has 10 heteroatoms. The fourth-order valence-corrected chi connectivity index (χ4v) is 4.49. The van der Waals surface area contributed by atoms with Gasteiger partial charge in [0.05, 0.1) is 11.9 Å². The Hall–Kier alpha value is -1.29. The Morgan fingerprint density at radius 1 is 1.32 bits per heavy atom. The van der Waals surface area contributed by atoms with E-state index in [4.69, 9.17) is 0 Å². The average Bonchev–Trinajstić information content (AvgIpc) is 2.96. The summed E-state index contributed by atoms with van der Waals surface area (Å²) in [5.41, 5.74) is 0.613. The minimum absolute atomic E-state index is 0.0214. The van der Waals surface area contributed by atoms with Crippen LogP contribution in [0.2, 0.25) is 0 Å². The van der Waals surface area contributed by atoms with Gasteiger partial charge < -0.3 is 5.32 Å². The number of halogens is 3. The molecule has 0 aliphatic carbocycles. The van der Waals surface area contributed by atoms with Crippen LogP contribution in [-0.2, 0) is 10.0 Å². The smallest absolute Gasteiger partial charge is 0.367 e. The van der Waals surface area contributed by atoms with Gasteiger partial charge in [0.1, 0.15) is 5.82 Å².